The first-order valence-electron chi connectivity index (χ1n) is 5.23. The molecule has 0 bridgehead atoms. The molecule has 0 saturated heterocycles. The predicted octanol–water partition coefficient (Wildman–Crippen LogP) is 3.53. The van der Waals surface area contributed by atoms with Crippen molar-refractivity contribution in [1.82, 2.24) is 0 Å². The molecule has 0 aliphatic rings. The van der Waals surface area contributed by atoms with Crippen LogP contribution in [0.15, 0.2) is 48.6 Å². The van der Waals surface area contributed by atoms with Crippen molar-refractivity contribution in [2.75, 3.05) is 0 Å². The van der Waals surface area contributed by atoms with E-state index in [2.05, 4.69) is 26.3 Å². The summed E-state index contributed by atoms with van der Waals surface area (Å²) in [4.78, 5) is 37.1. The predicted molar refractivity (Wildman–Crippen MR) is 96.5 cm³/mol. The summed E-state index contributed by atoms with van der Waals surface area (Å²) in [6.07, 6.45) is 6.33. The molecule has 0 atom stereocenters. The van der Waals surface area contributed by atoms with Crippen molar-refractivity contribution in [1.29, 1.82) is 0 Å². The van der Waals surface area contributed by atoms with Crippen LogP contribution in [-0.2, 0) is 45.4 Å². The molecule has 23 heavy (non-hydrogen) atoms. The normalized spacial score (nSPS) is 5.74. The molecule has 0 aliphatic heterocycles. The van der Waals surface area contributed by atoms with Crippen molar-refractivity contribution in [2.45, 2.75) is 27.7 Å². The van der Waals surface area contributed by atoms with Crippen molar-refractivity contribution in [3.63, 3.8) is 0 Å². The Labute approximate surface area is 171 Å². The SMILES string of the molecule is C=C(C)[C-]=O.C=C(C)[C-]=O.C=C(C)[C-]=O.C=C(C)[C-]=O.Cl.Cl.[Zr+4]. The van der Waals surface area contributed by atoms with E-state index in [9.17, 15) is 19.2 Å². The van der Waals surface area contributed by atoms with Gasteiger partial charge in [-0.2, -0.15) is 22.3 Å². The van der Waals surface area contributed by atoms with Crippen LogP contribution >= 0.6 is 24.8 Å². The van der Waals surface area contributed by atoms with E-state index in [1.165, 1.54) is 0 Å². The van der Waals surface area contributed by atoms with Crippen molar-refractivity contribution in [3.05, 3.63) is 48.6 Å². The summed E-state index contributed by atoms with van der Waals surface area (Å²) in [5.74, 6) is 0. The molecule has 0 saturated carbocycles. The van der Waals surface area contributed by atoms with Gasteiger partial charge in [0.25, 0.3) is 0 Å². The second-order valence-electron chi connectivity index (χ2n) is 3.53. The van der Waals surface area contributed by atoms with Gasteiger partial charge in [0.2, 0.25) is 0 Å². The smallest absolute Gasteiger partial charge is 0.419 e. The van der Waals surface area contributed by atoms with Gasteiger partial charge in [-0.15, -0.1) is 24.8 Å². The molecule has 0 radical (unpaired) electrons. The minimum Gasteiger partial charge on any atom is -0.419 e. The van der Waals surface area contributed by atoms with E-state index >= 15 is 0 Å². The molecule has 0 fully saturated rings. The van der Waals surface area contributed by atoms with E-state index in [0.717, 1.165) is 0 Å². The molecular formula is C16H22Cl2O4Zr. The summed E-state index contributed by atoms with van der Waals surface area (Å²) in [5, 5.41) is 0. The molecule has 0 heterocycles. The van der Waals surface area contributed by atoms with Gasteiger partial charge >= 0.3 is 26.2 Å². The van der Waals surface area contributed by atoms with Crippen LogP contribution in [-0.4, -0.2) is 25.1 Å². The molecule has 128 valence electrons. The Morgan fingerprint density at radius 1 is 0.522 bits per heavy atom. The second kappa shape index (κ2) is 37.4. The fourth-order valence-corrected chi connectivity index (χ4v) is 0. The average molecular weight is 440 g/mol. The van der Waals surface area contributed by atoms with Crippen molar-refractivity contribution in [3.8, 4) is 0 Å². The Bertz CT molecular complexity index is 306. The minimum atomic E-state index is 0. The quantitative estimate of drug-likeness (QED) is 0.496. The Balaban J connectivity index is -0.0000000284. The third kappa shape index (κ3) is 153. The molecule has 4 nitrogen and oxygen atoms in total. The van der Waals surface area contributed by atoms with Gasteiger partial charge < -0.3 is 19.2 Å². The zero-order valence-corrected chi connectivity index (χ0v) is 17.9. The maximum atomic E-state index is 9.28. The monoisotopic (exact) mass is 438 g/mol. The van der Waals surface area contributed by atoms with E-state index in [-0.39, 0.29) is 51.0 Å². The Kier molecular flexibility index (Phi) is 70.1. The molecule has 0 amide bonds. The Morgan fingerprint density at radius 3 is 0.565 bits per heavy atom. The fraction of sp³-hybridized carbons (Fsp3) is 0.250. The third-order valence-electron chi connectivity index (χ3n) is 0.697. The van der Waals surface area contributed by atoms with E-state index in [4.69, 9.17) is 0 Å². The van der Waals surface area contributed by atoms with Gasteiger partial charge in [0.15, 0.2) is 0 Å². The second-order valence-corrected chi connectivity index (χ2v) is 3.53. The van der Waals surface area contributed by atoms with Gasteiger partial charge in [-0.1, -0.05) is 27.7 Å². The largest absolute Gasteiger partial charge is 4.00 e. The standard InChI is InChI=1S/4C4H5O.2ClH.Zr/c4*1-4(2)3-5;;;/h4*1H2,2H3;2*1H;/q4*-1;;;+4. The van der Waals surface area contributed by atoms with E-state index < -0.39 is 0 Å². The maximum Gasteiger partial charge on any atom is 4.00 e. The number of hydrogen-bond acceptors (Lipinski definition) is 4. The summed E-state index contributed by atoms with van der Waals surface area (Å²) in [6, 6.07) is 0. The van der Waals surface area contributed by atoms with E-state index in [1.807, 2.05) is 0 Å². The van der Waals surface area contributed by atoms with Crippen LogP contribution in [0, 0.1) is 0 Å². The van der Waals surface area contributed by atoms with Gasteiger partial charge in [-0.25, -0.2) is 26.3 Å². The van der Waals surface area contributed by atoms with Crippen LogP contribution in [0.4, 0.5) is 0 Å². The van der Waals surface area contributed by atoms with Gasteiger partial charge in [-0.3, -0.25) is 0 Å². The van der Waals surface area contributed by atoms with Crippen LogP contribution in [0.3, 0.4) is 0 Å². The summed E-state index contributed by atoms with van der Waals surface area (Å²) in [5.41, 5.74) is 1.80. The fourth-order valence-electron chi connectivity index (χ4n) is 0. The van der Waals surface area contributed by atoms with Gasteiger partial charge in [0.1, 0.15) is 0 Å². The molecule has 0 spiro atoms. The number of allylic oxidation sites excluding steroid dienone is 4. The number of carbonyl (C=O) groups excluding carboxylic acids is 4. The molecule has 0 aromatic rings. The topological polar surface area (TPSA) is 68.3 Å². The number of halogens is 2. The average Bonchev–Trinajstić information content (AvgIpc) is 2.40. The Morgan fingerprint density at radius 2 is 0.565 bits per heavy atom. The van der Waals surface area contributed by atoms with Crippen molar-refractivity contribution >= 4 is 50.0 Å². The molecule has 0 N–H and O–H groups in total. The summed E-state index contributed by atoms with van der Waals surface area (Å²) < 4.78 is 0. The van der Waals surface area contributed by atoms with E-state index in [1.54, 1.807) is 52.8 Å². The number of hydrogen-bond donors (Lipinski definition) is 0. The first-order valence-corrected chi connectivity index (χ1v) is 5.23. The first kappa shape index (κ1) is 43.2. The molecule has 0 aliphatic carbocycles. The Hall–Kier alpha value is -0.897. The van der Waals surface area contributed by atoms with Crippen molar-refractivity contribution < 1.29 is 45.4 Å². The van der Waals surface area contributed by atoms with Gasteiger partial charge in [-0.05, 0) is 25.1 Å². The molecule has 7 heteroatoms. The third-order valence-corrected chi connectivity index (χ3v) is 0.697. The van der Waals surface area contributed by atoms with Crippen LogP contribution in [0.1, 0.15) is 27.7 Å². The maximum absolute atomic E-state index is 9.28. The van der Waals surface area contributed by atoms with Crippen LogP contribution < -0.4 is 0 Å². The van der Waals surface area contributed by atoms with Crippen LogP contribution in [0.2, 0.25) is 0 Å². The molecule has 0 rings (SSSR count). The number of rotatable bonds is 4. The molecule has 0 aromatic heterocycles. The summed E-state index contributed by atoms with van der Waals surface area (Å²) >= 11 is 0. The van der Waals surface area contributed by atoms with Gasteiger partial charge in [0.05, 0.1) is 0 Å². The zero-order chi connectivity index (χ0) is 17.1. The van der Waals surface area contributed by atoms with Crippen LogP contribution in [0.25, 0.3) is 0 Å². The van der Waals surface area contributed by atoms with Crippen LogP contribution in [0.5, 0.6) is 0 Å². The van der Waals surface area contributed by atoms with E-state index in [0.29, 0.717) is 22.3 Å². The summed E-state index contributed by atoms with van der Waals surface area (Å²) in [6.45, 7) is 19.4. The zero-order valence-electron chi connectivity index (χ0n) is 13.8. The minimum absolute atomic E-state index is 0. The molecule has 0 unspecified atom stereocenters. The van der Waals surface area contributed by atoms with Crippen molar-refractivity contribution in [2.24, 2.45) is 0 Å². The molecular weight excluding hydrogens is 418 g/mol. The summed E-state index contributed by atoms with van der Waals surface area (Å²) in [7, 11) is 0. The first-order chi connectivity index (χ1) is 9.08. The van der Waals surface area contributed by atoms with Gasteiger partial charge in [0, 0.05) is 0 Å². The molecule has 0 aromatic carbocycles.